The largest absolute Gasteiger partial charge is 0.496 e. The summed E-state index contributed by atoms with van der Waals surface area (Å²) in [6, 6.07) is 10.1. The number of para-hydroxylation sites is 1. The Bertz CT molecular complexity index is 706. The molecule has 1 aromatic carbocycles. The van der Waals surface area contributed by atoms with E-state index in [1.165, 1.54) is 0 Å². The third-order valence-corrected chi connectivity index (χ3v) is 4.59. The molecule has 1 aliphatic rings. The molecule has 128 valence electrons. The fourth-order valence-electron chi connectivity index (χ4n) is 3.30. The number of benzene rings is 1. The molecule has 0 bridgehead atoms. The number of nitrogens with zero attached hydrogens (tertiary/aromatic N) is 3. The predicted octanol–water partition coefficient (Wildman–Crippen LogP) is 2.51. The van der Waals surface area contributed by atoms with Gasteiger partial charge >= 0.3 is 0 Å². The second-order valence-corrected chi connectivity index (χ2v) is 6.21. The molecule has 1 aromatic heterocycles. The summed E-state index contributed by atoms with van der Waals surface area (Å²) in [6.07, 6.45) is 2.12. The third-order valence-electron chi connectivity index (χ3n) is 4.59. The Morgan fingerprint density at radius 2 is 2.21 bits per heavy atom. The predicted molar refractivity (Wildman–Crippen MR) is 93.1 cm³/mol. The fraction of sp³-hybridized carbons (Fsp3) is 0.444. The van der Waals surface area contributed by atoms with Gasteiger partial charge in [0.2, 0.25) is 5.91 Å². The van der Waals surface area contributed by atoms with Gasteiger partial charge in [-0.1, -0.05) is 18.2 Å². The van der Waals surface area contributed by atoms with Crippen molar-refractivity contribution < 1.29 is 9.53 Å². The topological polar surface area (TPSA) is 59.4 Å². The molecule has 1 fully saturated rings. The van der Waals surface area contributed by atoms with Crippen LogP contribution >= 0.6 is 0 Å². The van der Waals surface area contributed by atoms with Crippen molar-refractivity contribution in [1.29, 1.82) is 0 Å². The highest BCUT2D eigenvalue weighted by Crippen LogP contribution is 2.36. The molecule has 1 saturated heterocycles. The molecule has 0 saturated carbocycles. The molecular formula is C18H24N4O2. The van der Waals surface area contributed by atoms with Crippen LogP contribution in [0.15, 0.2) is 30.3 Å². The van der Waals surface area contributed by atoms with E-state index >= 15 is 0 Å². The number of anilines is 1. The molecule has 3 rings (SSSR count). The average Bonchev–Trinajstić information content (AvgIpc) is 3.14. The highest BCUT2D eigenvalue weighted by molar-refractivity contribution is 5.91. The van der Waals surface area contributed by atoms with Gasteiger partial charge in [0, 0.05) is 30.4 Å². The van der Waals surface area contributed by atoms with E-state index in [9.17, 15) is 4.79 Å². The van der Waals surface area contributed by atoms with Gasteiger partial charge in [-0.15, -0.1) is 0 Å². The summed E-state index contributed by atoms with van der Waals surface area (Å²) in [4.78, 5) is 14.6. The van der Waals surface area contributed by atoms with Crippen LogP contribution in [-0.2, 0) is 11.8 Å². The zero-order valence-electron chi connectivity index (χ0n) is 14.5. The maximum atomic E-state index is 12.4. The number of methoxy groups -OCH3 is 1. The Kier molecular flexibility index (Phi) is 4.85. The monoisotopic (exact) mass is 328 g/mol. The van der Waals surface area contributed by atoms with Crippen LogP contribution in [0, 0.1) is 6.92 Å². The number of aromatic nitrogens is 2. The standard InChI is InChI=1S/C18H24N4O2/c1-13-11-17(20-21(13)2)19-18(23)12-22-10-6-8-15(22)14-7-4-5-9-16(14)24-3/h4-5,7,9,11,15H,6,8,10,12H2,1-3H3,(H,19,20,23)/t15-/m0/s1. The van der Waals surface area contributed by atoms with E-state index in [0.717, 1.165) is 36.4 Å². The Morgan fingerprint density at radius 3 is 2.92 bits per heavy atom. The van der Waals surface area contributed by atoms with E-state index < -0.39 is 0 Å². The Hall–Kier alpha value is -2.34. The van der Waals surface area contributed by atoms with Gasteiger partial charge in [0.15, 0.2) is 5.82 Å². The maximum absolute atomic E-state index is 12.4. The second-order valence-electron chi connectivity index (χ2n) is 6.21. The number of rotatable bonds is 5. The lowest BCUT2D eigenvalue weighted by molar-refractivity contribution is -0.117. The number of nitrogens with one attached hydrogen (secondary N) is 1. The van der Waals surface area contributed by atoms with Crippen molar-refractivity contribution >= 4 is 11.7 Å². The molecule has 0 spiro atoms. The quantitative estimate of drug-likeness (QED) is 0.916. The number of hydrogen-bond acceptors (Lipinski definition) is 4. The first-order chi connectivity index (χ1) is 11.6. The highest BCUT2D eigenvalue weighted by atomic mass is 16.5. The van der Waals surface area contributed by atoms with Crippen molar-refractivity contribution in [2.75, 3.05) is 25.5 Å². The summed E-state index contributed by atoms with van der Waals surface area (Å²) >= 11 is 0. The van der Waals surface area contributed by atoms with Crippen molar-refractivity contribution in [2.45, 2.75) is 25.8 Å². The second kappa shape index (κ2) is 7.05. The zero-order valence-corrected chi connectivity index (χ0v) is 14.5. The molecule has 1 atom stereocenters. The first-order valence-corrected chi connectivity index (χ1v) is 8.26. The van der Waals surface area contributed by atoms with E-state index in [4.69, 9.17) is 4.74 Å². The van der Waals surface area contributed by atoms with Crippen LogP contribution in [0.1, 0.15) is 30.1 Å². The van der Waals surface area contributed by atoms with Gasteiger partial charge in [0.1, 0.15) is 5.75 Å². The molecule has 24 heavy (non-hydrogen) atoms. The Balaban J connectivity index is 1.68. The lowest BCUT2D eigenvalue weighted by atomic mass is 10.0. The molecule has 6 nitrogen and oxygen atoms in total. The van der Waals surface area contributed by atoms with Gasteiger partial charge in [-0.2, -0.15) is 5.10 Å². The van der Waals surface area contributed by atoms with Crippen LogP contribution in [0.25, 0.3) is 0 Å². The molecular weight excluding hydrogens is 304 g/mol. The smallest absolute Gasteiger partial charge is 0.239 e. The molecule has 0 aliphatic carbocycles. The molecule has 1 aliphatic heterocycles. The Labute approximate surface area is 142 Å². The zero-order chi connectivity index (χ0) is 17.1. The third kappa shape index (κ3) is 3.43. The lowest BCUT2D eigenvalue weighted by Crippen LogP contribution is -2.33. The summed E-state index contributed by atoms with van der Waals surface area (Å²) < 4.78 is 7.24. The number of hydrogen-bond donors (Lipinski definition) is 1. The summed E-state index contributed by atoms with van der Waals surface area (Å²) in [6.45, 7) is 3.23. The van der Waals surface area contributed by atoms with Gasteiger partial charge in [-0.05, 0) is 32.4 Å². The van der Waals surface area contributed by atoms with Gasteiger partial charge in [0.25, 0.3) is 0 Å². The minimum Gasteiger partial charge on any atom is -0.496 e. The van der Waals surface area contributed by atoms with Crippen LogP contribution in [0.5, 0.6) is 5.75 Å². The summed E-state index contributed by atoms with van der Waals surface area (Å²) in [7, 11) is 3.55. The normalized spacial score (nSPS) is 17.9. The van der Waals surface area contributed by atoms with Gasteiger partial charge in [-0.25, -0.2) is 0 Å². The van der Waals surface area contributed by atoms with Crippen molar-refractivity contribution in [2.24, 2.45) is 7.05 Å². The van der Waals surface area contributed by atoms with Crippen LogP contribution in [-0.4, -0.2) is 40.8 Å². The Morgan fingerprint density at radius 1 is 1.42 bits per heavy atom. The van der Waals surface area contributed by atoms with Crippen LogP contribution < -0.4 is 10.1 Å². The fourth-order valence-corrected chi connectivity index (χ4v) is 3.30. The van der Waals surface area contributed by atoms with Crippen LogP contribution in [0.4, 0.5) is 5.82 Å². The van der Waals surface area contributed by atoms with E-state index in [1.54, 1.807) is 11.8 Å². The molecule has 0 unspecified atom stereocenters. The minimum atomic E-state index is -0.0325. The highest BCUT2D eigenvalue weighted by Gasteiger charge is 2.29. The van der Waals surface area contributed by atoms with E-state index in [2.05, 4.69) is 21.4 Å². The number of aryl methyl sites for hydroxylation is 2. The van der Waals surface area contributed by atoms with E-state index in [-0.39, 0.29) is 11.9 Å². The molecule has 1 N–H and O–H groups in total. The average molecular weight is 328 g/mol. The number of amides is 1. The summed E-state index contributed by atoms with van der Waals surface area (Å²) in [5.41, 5.74) is 2.16. The number of likely N-dealkylation sites (tertiary alicyclic amines) is 1. The van der Waals surface area contributed by atoms with Crippen LogP contribution in [0.2, 0.25) is 0 Å². The van der Waals surface area contributed by atoms with E-state index in [1.807, 2.05) is 38.2 Å². The molecule has 2 aromatic rings. The molecule has 1 amide bonds. The number of ether oxygens (including phenoxy) is 1. The van der Waals surface area contributed by atoms with E-state index in [0.29, 0.717) is 12.4 Å². The minimum absolute atomic E-state index is 0.0325. The molecule has 6 heteroatoms. The number of carbonyl (C=O) groups is 1. The maximum Gasteiger partial charge on any atom is 0.239 e. The molecule has 2 heterocycles. The summed E-state index contributed by atoms with van der Waals surface area (Å²) in [5.74, 6) is 1.46. The first kappa shape index (κ1) is 16.5. The van der Waals surface area contributed by atoms with Gasteiger partial charge in [-0.3, -0.25) is 14.4 Å². The number of carbonyl (C=O) groups excluding carboxylic acids is 1. The van der Waals surface area contributed by atoms with Crippen molar-refractivity contribution in [3.05, 3.63) is 41.6 Å². The van der Waals surface area contributed by atoms with Gasteiger partial charge < -0.3 is 10.1 Å². The lowest BCUT2D eigenvalue weighted by Gasteiger charge is -2.25. The van der Waals surface area contributed by atoms with Gasteiger partial charge in [0.05, 0.1) is 13.7 Å². The first-order valence-electron chi connectivity index (χ1n) is 8.26. The van der Waals surface area contributed by atoms with Crippen molar-refractivity contribution in [3.63, 3.8) is 0 Å². The van der Waals surface area contributed by atoms with Crippen LogP contribution in [0.3, 0.4) is 0 Å². The van der Waals surface area contributed by atoms with Crippen molar-refractivity contribution in [1.82, 2.24) is 14.7 Å². The summed E-state index contributed by atoms with van der Waals surface area (Å²) in [5, 5.41) is 7.16. The molecule has 0 radical (unpaired) electrons. The SMILES string of the molecule is COc1ccccc1[C@@H]1CCCN1CC(=O)Nc1cc(C)n(C)n1. The van der Waals surface area contributed by atoms with Crippen molar-refractivity contribution in [3.8, 4) is 5.75 Å².